The van der Waals surface area contributed by atoms with Crippen molar-refractivity contribution >= 4 is 122 Å². The highest BCUT2D eigenvalue weighted by atomic mass is 32.1. The van der Waals surface area contributed by atoms with E-state index in [4.69, 9.17) is 4.42 Å². The van der Waals surface area contributed by atoms with Gasteiger partial charge in [-0.2, -0.15) is 0 Å². The van der Waals surface area contributed by atoms with E-state index in [1.165, 1.54) is 111 Å². The molecule has 0 bridgehead atoms. The highest BCUT2D eigenvalue weighted by Crippen LogP contribution is 2.62. The van der Waals surface area contributed by atoms with Crippen molar-refractivity contribution in [1.82, 2.24) is 0 Å². The summed E-state index contributed by atoms with van der Waals surface area (Å²) >= 11 is 1.89. The van der Waals surface area contributed by atoms with Gasteiger partial charge in [0.05, 0.1) is 11.2 Å². The van der Waals surface area contributed by atoms with Gasteiger partial charge >= 0.3 is 0 Å². The summed E-state index contributed by atoms with van der Waals surface area (Å²) in [4.78, 5) is 8.08. The van der Waals surface area contributed by atoms with Gasteiger partial charge in [0.25, 0.3) is 6.71 Å². The molecule has 3 aliphatic heterocycles. The van der Waals surface area contributed by atoms with Crippen LogP contribution in [0, 0.1) is 0 Å². The van der Waals surface area contributed by atoms with E-state index in [9.17, 15) is 0 Å². The Morgan fingerprint density at radius 3 is 1.78 bits per heavy atom. The van der Waals surface area contributed by atoms with E-state index in [-0.39, 0.29) is 33.9 Å². The van der Waals surface area contributed by atoms with Gasteiger partial charge in [0.2, 0.25) is 0 Å². The predicted molar refractivity (Wildman–Crippen MR) is 320 cm³/mol. The number of fused-ring (bicyclic) bond motifs is 13. The zero-order valence-electron chi connectivity index (χ0n) is 45.0. The van der Waals surface area contributed by atoms with Gasteiger partial charge in [-0.1, -0.05) is 167 Å². The fourth-order valence-corrected chi connectivity index (χ4v) is 15.0. The van der Waals surface area contributed by atoms with Crippen molar-refractivity contribution in [3.05, 3.63) is 174 Å². The van der Waals surface area contributed by atoms with Crippen molar-refractivity contribution in [2.45, 2.75) is 129 Å². The fraction of sp³-hybridized carbons (Fsp3) is 0.294. The van der Waals surface area contributed by atoms with Crippen LogP contribution in [-0.4, -0.2) is 12.3 Å². The standard InChI is InChI=1S/C68H66BN3OS/c1-64(2,3)41-27-31-53-50(35-41)67(10)33-16-17-34-68(67,11)72(53)45-39-57-62-58(40-45)71(54-22-18-21-48-46-19-12-14-23-59(46)73-63(48)54)56-37-43(66(7,8)9)26-30-52(56)69(62)51-29-25-42(65(4,5)6)36-55(51)70(57)44-28-32-61-49(38-44)47-20-13-15-24-60(47)74-61/h12-15,18-32,35-40H,16-17,33-34H2,1-11H3. The lowest BCUT2D eigenvalue weighted by Gasteiger charge is -2.51. The molecule has 4 aliphatic rings. The van der Waals surface area contributed by atoms with E-state index in [0.717, 1.165) is 40.5 Å². The third-order valence-electron chi connectivity index (χ3n) is 18.3. The normalized spacial score (nSPS) is 19.3. The molecule has 0 radical (unpaired) electrons. The van der Waals surface area contributed by atoms with Gasteiger partial charge in [-0.25, -0.2) is 0 Å². The van der Waals surface area contributed by atoms with Crippen LogP contribution < -0.4 is 31.1 Å². The van der Waals surface area contributed by atoms with Crippen LogP contribution in [0.3, 0.4) is 0 Å². The quantitative estimate of drug-likeness (QED) is 0.165. The second-order valence-corrected chi connectivity index (χ2v) is 26.8. The summed E-state index contributed by atoms with van der Waals surface area (Å²) in [6.07, 6.45) is 4.71. The maximum atomic E-state index is 7.08. The topological polar surface area (TPSA) is 22.9 Å². The van der Waals surface area contributed by atoms with Crippen molar-refractivity contribution < 1.29 is 4.42 Å². The highest BCUT2D eigenvalue weighted by Gasteiger charge is 2.58. The molecule has 2 aromatic heterocycles. The zero-order chi connectivity index (χ0) is 51.0. The molecule has 10 aromatic rings. The molecule has 368 valence electrons. The maximum absolute atomic E-state index is 7.08. The van der Waals surface area contributed by atoms with Crippen LogP contribution in [0.2, 0.25) is 0 Å². The molecule has 4 nitrogen and oxygen atoms in total. The second-order valence-electron chi connectivity index (χ2n) is 25.7. The molecule has 74 heavy (non-hydrogen) atoms. The molecule has 0 saturated heterocycles. The van der Waals surface area contributed by atoms with Crippen LogP contribution in [0.4, 0.5) is 45.5 Å². The van der Waals surface area contributed by atoms with Crippen molar-refractivity contribution in [2.24, 2.45) is 0 Å². The number of para-hydroxylation sites is 2. The maximum Gasteiger partial charge on any atom is 0.252 e. The van der Waals surface area contributed by atoms with E-state index in [1.54, 1.807) is 0 Å². The van der Waals surface area contributed by atoms with E-state index in [0.29, 0.717) is 0 Å². The van der Waals surface area contributed by atoms with E-state index in [1.807, 2.05) is 11.3 Å². The van der Waals surface area contributed by atoms with Crippen LogP contribution >= 0.6 is 11.3 Å². The minimum Gasteiger partial charge on any atom is -0.454 e. The fourth-order valence-electron chi connectivity index (χ4n) is 13.9. The van der Waals surface area contributed by atoms with Crippen molar-refractivity contribution in [3.8, 4) is 0 Å². The Bertz CT molecular complexity index is 4010. The lowest BCUT2D eigenvalue weighted by molar-refractivity contribution is 0.195. The Morgan fingerprint density at radius 2 is 1.07 bits per heavy atom. The number of anilines is 8. The summed E-state index contributed by atoms with van der Waals surface area (Å²) in [5, 5.41) is 4.88. The smallest absolute Gasteiger partial charge is 0.252 e. The van der Waals surface area contributed by atoms with Gasteiger partial charge in [0.15, 0.2) is 5.58 Å². The molecule has 6 heteroatoms. The minimum atomic E-state index is -0.175. The first-order valence-corrected chi connectivity index (χ1v) is 28.0. The monoisotopic (exact) mass is 984 g/mol. The summed E-state index contributed by atoms with van der Waals surface area (Å²) in [6.45, 7) is 26.3. The Morgan fingerprint density at radius 1 is 0.473 bits per heavy atom. The molecule has 0 spiro atoms. The first kappa shape index (κ1) is 45.8. The number of furan rings is 1. The van der Waals surface area contributed by atoms with Crippen LogP contribution in [0.5, 0.6) is 0 Å². The zero-order valence-corrected chi connectivity index (χ0v) is 45.8. The van der Waals surface area contributed by atoms with Crippen LogP contribution in [0.1, 0.15) is 124 Å². The molecule has 5 heterocycles. The average molecular weight is 984 g/mol. The molecule has 0 amide bonds. The lowest BCUT2D eigenvalue weighted by Crippen LogP contribution is -2.61. The Hall–Kier alpha value is -6.76. The van der Waals surface area contributed by atoms with Gasteiger partial charge in [-0.05, 0) is 141 Å². The van der Waals surface area contributed by atoms with Gasteiger partial charge < -0.3 is 19.1 Å². The van der Waals surface area contributed by atoms with Crippen LogP contribution in [0.25, 0.3) is 42.1 Å². The van der Waals surface area contributed by atoms with Gasteiger partial charge in [0.1, 0.15) is 5.58 Å². The van der Waals surface area contributed by atoms with E-state index in [2.05, 4.69) is 243 Å². The molecule has 1 aliphatic carbocycles. The summed E-state index contributed by atoms with van der Waals surface area (Å²) < 4.78 is 9.71. The Kier molecular flexibility index (Phi) is 9.55. The first-order valence-electron chi connectivity index (χ1n) is 27.2. The van der Waals surface area contributed by atoms with E-state index >= 15 is 0 Å². The Labute approximate surface area is 441 Å². The number of hydrogen-bond acceptors (Lipinski definition) is 5. The lowest BCUT2D eigenvalue weighted by atomic mass is 9.33. The number of hydrogen-bond donors (Lipinski definition) is 0. The number of nitrogens with zero attached hydrogens (tertiary/aromatic N) is 3. The molecule has 1 saturated carbocycles. The number of thiophene rings is 1. The number of benzene rings is 8. The molecule has 1 fully saturated rings. The average Bonchev–Trinajstić information content (AvgIpc) is 4.02. The molecule has 8 aromatic carbocycles. The Balaban J connectivity index is 1.14. The molecule has 14 rings (SSSR count). The SMILES string of the molecule is CC(C)(C)c1ccc2c(c1)N(c1ccc3sc4ccccc4c3c1)c1cc(N3c4ccc(C(C)(C)C)cc4C4(C)CCCCC34C)cc3c1B2c1ccc(C(C)(C)C)cc1N3c1cccc2c1oc1ccccc12. The van der Waals surface area contributed by atoms with Gasteiger partial charge in [-0.3, -0.25) is 0 Å². The molecular weight excluding hydrogens is 918 g/mol. The van der Waals surface area contributed by atoms with E-state index < -0.39 is 0 Å². The number of rotatable bonds is 3. The molecule has 2 unspecified atom stereocenters. The second kappa shape index (κ2) is 15.4. The highest BCUT2D eigenvalue weighted by molar-refractivity contribution is 7.25. The van der Waals surface area contributed by atoms with Crippen molar-refractivity contribution in [2.75, 3.05) is 14.7 Å². The summed E-state index contributed by atoms with van der Waals surface area (Å²) in [5.41, 5.74) is 20.7. The van der Waals surface area contributed by atoms with Crippen LogP contribution in [0.15, 0.2) is 156 Å². The van der Waals surface area contributed by atoms with Gasteiger partial charge in [-0.15, -0.1) is 11.3 Å². The molecular formula is C68H66BN3OS. The van der Waals surface area contributed by atoms with Crippen molar-refractivity contribution in [3.63, 3.8) is 0 Å². The van der Waals surface area contributed by atoms with Gasteiger partial charge in [0, 0.05) is 76.2 Å². The minimum absolute atomic E-state index is 0.0288. The summed E-state index contributed by atoms with van der Waals surface area (Å²) in [6, 6.07) is 59.0. The predicted octanol–water partition coefficient (Wildman–Crippen LogP) is 17.7. The molecule has 0 N–H and O–H groups in total. The summed E-state index contributed by atoms with van der Waals surface area (Å²) in [7, 11) is 0. The largest absolute Gasteiger partial charge is 0.454 e. The van der Waals surface area contributed by atoms with Crippen molar-refractivity contribution in [1.29, 1.82) is 0 Å². The first-order chi connectivity index (χ1) is 35.3. The van der Waals surface area contributed by atoms with Crippen LogP contribution in [-0.2, 0) is 21.7 Å². The summed E-state index contributed by atoms with van der Waals surface area (Å²) in [5.74, 6) is 0. The third kappa shape index (κ3) is 6.39. The third-order valence-corrected chi connectivity index (χ3v) is 19.4. The molecule has 2 atom stereocenters.